The minimum Gasteiger partial charge on any atom is -0.497 e. The summed E-state index contributed by atoms with van der Waals surface area (Å²) in [6.07, 6.45) is 5.34. The molecule has 0 unspecified atom stereocenters. The van der Waals surface area contributed by atoms with Crippen molar-refractivity contribution in [1.82, 2.24) is 20.6 Å². The Labute approximate surface area is 147 Å². The van der Waals surface area contributed by atoms with Crippen LogP contribution >= 0.6 is 0 Å². The van der Waals surface area contributed by atoms with Crippen molar-refractivity contribution in [1.29, 1.82) is 0 Å². The highest BCUT2D eigenvalue weighted by molar-refractivity contribution is 5.77. The molecule has 25 heavy (non-hydrogen) atoms. The molecule has 0 bridgehead atoms. The minimum absolute atomic E-state index is 0.253. The lowest BCUT2D eigenvalue weighted by atomic mass is 9.85. The molecule has 1 aliphatic rings. The number of nitrogens with zero attached hydrogens (tertiary/aromatic N) is 1. The number of hydrogen-bond donors (Lipinski definition) is 4. The molecule has 3 rings (SSSR count). The molecular weight excluding hydrogens is 320 g/mol. The zero-order chi connectivity index (χ0) is 17.7. The number of methoxy groups -OCH3 is 1. The van der Waals surface area contributed by atoms with E-state index in [1.807, 2.05) is 18.2 Å². The summed E-state index contributed by atoms with van der Waals surface area (Å²) in [6.45, 7) is 0.782. The van der Waals surface area contributed by atoms with Gasteiger partial charge in [-0.25, -0.2) is 9.78 Å². The number of ether oxygens (including phenoxy) is 1. The number of aromatic nitrogens is 2. The number of fused-ring (bicyclic) bond motifs is 1. The van der Waals surface area contributed by atoms with Crippen molar-refractivity contribution in [3.8, 4) is 5.75 Å². The van der Waals surface area contributed by atoms with Gasteiger partial charge in [0, 0.05) is 25.6 Å². The third-order valence-electron chi connectivity index (χ3n) is 4.75. The molecule has 0 spiro atoms. The summed E-state index contributed by atoms with van der Waals surface area (Å²) in [6, 6.07) is 5.42. The average Bonchev–Trinajstić information content (AvgIpc) is 3.02. The van der Waals surface area contributed by atoms with Crippen LogP contribution < -0.4 is 15.4 Å². The summed E-state index contributed by atoms with van der Waals surface area (Å²) in [7, 11) is 1.63. The number of hydrogen-bond acceptors (Lipinski definition) is 4. The van der Waals surface area contributed by atoms with E-state index in [4.69, 9.17) is 4.74 Å². The molecule has 2 amide bonds. The molecule has 1 saturated carbocycles. The zero-order valence-electron chi connectivity index (χ0n) is 14.6. The van der Waals surface area contributed by atoms with Gasteiger partial charge in [-0.1, -0.05) is 19.3 Å². The normalized spacial score (nSPS) is 16.6. The van der Waals surface area contributed by atoms with Gasteiger partial charge in [0.2, 0.25) is 0 Å². The lowest BCUT2D eigenvalue weighted by Crippen LogP contribution is -2.47. The maximum Gasteiger partial charge on any atom is 0.314 e. The van der Waals surface area contributed by atoms with Crippen LogP contribution in [0.25, 0.3) is 11.0 Å². The van der Waals surface area contributed by atoms with Gasteiger partial charge >= 0.3 is 6.03 Å². The number of H-pyrrole nitrogens is 1. The van der Waals surface area contributed by atoms with Crippen LogP contribution in [-0.4, -0.2) is 46.9 Å². The predicted molar refractivity (Wildman–Crippen MR) is 95.8 cm³/mol. The zero-order valence-corrected chi connectivity index (χ0v) is 14.6. The highest BCUT2D eigenvalue weighted by Gasteiger charge is 2.29. The number of carbonyl (C=O) groups excluding carboxylic acids is 1. The topological polar surface area (TPSA) is 99.3 Å². The average molecular weight is 346 g/mol. The van der Waals surface area contributed by atoms with Crippen molar-refractivity contribution < 1.29 is 14.6 Å². The molecule has 0 radical (unpaired) electrons. The van der Waals surface area contributed by atoms with Crippen LogP contribution in [0.2, 0.25) is 0 Å². The number of benzene rings is 1. The van der Waals surface area contributed by atoms with E-state index >= 15 is 0 Å². The van der Waals surface area contributed by atoms with E-state index < -0.39 is 5.60 Å². The Balaban J connectivity index is 1.43. The van der Waals surface area contributed by atoms with Gasteiger partial charge in [-0.05, 0) is 25.0 Å². The van der Waals surface area contributed by atoms with Crippen LogP contribution in [0.1, 0.15) is 37.9 Å². The number of carbonyl (C=O) groups is 1. The number of rotatable bonds is 6. The first-order valence-corrected chi connectivity index (χ1v) is 8.85. The molecule has 0 atom stereocenters. The molecule has 4 N–H and O–H groups in total. The monoisotopic (exact) mass is 346 g/mol. The van der Waals surface area contributed by atoms with Gasteiger partial charge in [0.05, 0.1) is 23.7 Å². The van der Waals surface area contributed by atoms with Crippen LogP contribution in [-0.2, 0) is 6.42 Å². The highest BCUT2D eigenvalue weighted by atomic mass is 16.5. The number of urea groups is 1. The molecule has 1 heterocycles. The van der Waals surface area contributed by atoms with Crippen LogP contribution in [0.3, 0.4) is 0 Å². The summed E-state index contributed by atoms with van der Waals surface area (Å²) >= 11 is 0. The lowest BCUT2D eigenvalue weighted by molar-refractivity contribution is 0.00720. The molecule has 0 saturated heterocycles. The molecule has 7 nitrogen and oxygen atoms in total. The van der Waals surface area contributed by atoms with Gasteiger partial charge in [0.1, 0.15) is 11.6 Å². The Hall–Kier alpha value is -2.28. The van der Waals surface area contributed by atoms with E-state index in [0.717, 1.165) is 54.7 Å². The standard InChI is InChI=1S/C18H26N4O3/c1-25-13-5-6-14-15(11-13)22-16(21-14)7-10-19-17(23)20-12-18(24)8-3-2-4-9-18/h5-6,11,24H,2-4,7-10,12H2,1H3,(H,21,22)(H2,19,20,23). The van der Waals surface area contributed by atoms with Crippen molar-refractivity contribution in [2.75, 3.05) is 20.2 Å². The summed E-state index contributed by atoms with van der Waals surface area (Å²) in [4.78, 5) is 19.6. The number of imidazole rings is 1. The van der Waals surface area contributed by atoms with Crippen LogP contribution in [0, 0.1) is 0 Å². The van der Waals surface area contributed by atoms with E-state index in [2.05, 4.69) is 20.6 Å². The Morgan fingerprint density at radius 3 is 2.88 bits per heavy atom. The SMILES string of the molecule is COc1ccc2nc(CCNC(=O)NCC3(O)CCCCC3)[nH]c2c1. The Kier molecular flexibility index (Phi) is 5.43. The number of aliphatic hydroxyl groups is 1. The first kappa shape index (κ1) is 17.5. The fourth-order valence-corrected chi connectivity index (χ4v) is 3.28. The molecule has 7 heteroatoms. The fraction of sp³-hybridized carbons (Fsp3) is 0.556. The summed E-state index contributed by atoms with van der Waals surface area (Å²) in [5, 5.41) is 16.0. The number of aromatic amines is 1. The van der Waals surface area contributed by atoms with E-state index in [9.17, 15) is 9.90 Å². The van der Waals surface area contributed by atoms with Gasteiger partial charge in [-0.2, -0.15) is 0 Å². The third-order valence-corrected chi connectivity index (χ3v) is 4.75. The van der Waals surface area contributed by atoms with Crippen molar-refractivity contribution in [3.63, 3.8) is 0 Å². The first-order chi connectivity index (χ1) is 12.1. The smallest absolute Gasteiger partial charge is 0.314 e. The van der Waals surface area contributed by atoms with E-state index in [0.29, 0.717) is 19.5 Å². The quantitative estimate of drug-likeness (QED) is 0.644. The van der Waals surface area contributed by atoms with Crippen LogP contribution in [0.15, 0.2) is 18.2 Å². The fourth-order valence-electron chi connectivity index (χ4n) is 3.28. The van der Waals surface area contributed by atoms with Crippen LogP contribution in [0.4, 0.5) is 4.79 Å². The summed E-state index contributed by atoms with van der Waals surface area (Å²) < 4.78 is 5.20. The van der Waals surface area contributed by atoms with Crippen molar-refractivity contribution in [2.24, 2.45) is 0 Å². The van der Waals surface area contributed by atoms with E-state index in [1.54, 1.807) is 7.11 Å². The summed E-state index contributed by atoms with van der Waals surface area (Å²) in [5.41, 5.74) is 1.05. The lowest BCUT2D eigenvalue weighted by Gasteiger charge is -2.32. The molecule has 0 aliphatic heterocycles. The maximum atomic E-state index is 11.9. The van der Waals surface area contributed by atoms with Crippen molar-refractivity contribution in [3.05, 3.63) is 24.0 Å². The maximum absolute atomic E-state index is 11.9. The van der Waals surface area contributed by atoms with E-state index in [1.165, 1.54) is 0 Å². The second-order valence-electron chi connectivity index (χ2n) is 6.71. The Bertz CT molecular complexity index is 722. The molecule has 1 aromatic heterocycles. The van der Waals surface area contributed by atoms with Crippen molar-refractivity contribution >= 4 is 17.1 Å². The molecule has 1 aliphatic carbocycles. The first-order valence-electron chi connectivity index (χ1n) is 8.85. The molecule has 136 valence electrons. The highest BCUT2D eigenvalue weighted by Crippen LogP contribution is 2.27. The molecule has 1 fully saturated rings. The van der Waals surface area contributed by atoms with Crippen molar-refractivity contribution in [2.45, 2.75) is 44.1 Å². The molecular formula is C18H26N4O3. The predicted octanol–water partition coefficient (Wildman–Crippen LogP) is 2.11. The third kappa shape index (κ3) is 4.63. The Morgan fingerprint density at radius 2 is 2.12 bits per heavy atom. The second-order valence-corrected chi connectivity index (χ2v) is 6.71. The Morgan fingerprint density at radius 1 is 1.32 bits per heavy atom. The molecule has 1 aromatic carbocycles. The van der Waals surface area contributed by atoms with Gasteiger partial charge in [-0.15, -0.1) is 0 Å². The van der Waals surface area contributed by atoms with Gasteiger partial charge in [0.25, 0.3) is 0 Å². The van der Waals surface area contributed by atoms with Gasteiger partial charge in [0.15, 0.2) is 0 Å². The van der Waals surface area contributed by atoms with Gasteiger partial charge in [-0.3, -0.25) is 0 Å². The summed E-state index contributed by atoms with van der Waals surface area (Å²) in [5.74, 6) is 1.59. The largest absolute Gasteiger partial charge is 0.497 e. The van der Waals surface area contributed by atoms with Crippen LogP contribution in [0.5, 0.6) is 5.75 Å². The molecule has 2 aromatic rings. The second kappa shape index (κ2) is 7.74. The number of amides is 2. The van der Waals surface area contributed by atoms with E-state index in [-0.39, 0.29) is 6.03 Å². The van der Waals surface area contributed by atoms with Gasteiger partial charge < -0.3 is 25.5 Å². The number of nitrogens with one attached hydrogen (secondary N) is 3. The minimum atomic E-state index is -0.743.